The first-order chi connectivity index (χ1) is 12.5. The molecule has 26 heavy (non-hydrogen) atoms. The molecule has 0 radical (unpaired) electrons. The van der Waals surface area contributed by atoms with Crippen LogP contribution in [0, 0.1) is 12.3 Å². The summed E-state index contributed by atoms with van der Waals surface area (Å²) in [5.41, 5.74) is 1.37. The quantitative estimate of drug-likeness (QED) is 0.760. The number of benzene rings is 2. The lowest BCUT2D eigenvalue weighted by atomic mass is 10.0. The Hall–Kier alpha value is -2.53. The van der Waals surface area contributed by atoms with Crippen molar-refractivity contribution in [3.63, 3.8) is 0 Å². The maximum Gasteiger partial charge on any atom is 0.240 e. The molecule has 1 fully saturated rings. The van der Waals surface area contributed by atoms with E-state index in [1.807, 2.05) is 37.3 Å². The van der Waals surface area contributed by atoms with Gasteiger partial charge in [-0.1, -0.05) is 35.9 Å². The Kier molecular flexibility index (Phi) is 5.18. The third-order valence-corrected chi connectivity index (χ3v) is 4.99. The number of amides is 2. The Bertz CT molecular complexity index is 847. The second-order valence-electron chi connectivity index (χ2n) is 6.51. The zero-order valence-electron chi connectivity index (χ0n) is 14.8. The SMILES string of the molecule is COc1ccc(C)cc1NC(=O)C1(C(=O)NCc2ccccc2Cl)CC1. The number of ether oxygens (including phenoxy) is 1. The first kappa shape index (κ1) is 18.3. The van der Waals surface area contributed by atoms with Crippen LogP contribution >= 0.6 is 11.6 Å². The van der Waals surface area contributed by atoms with Crippen LogP contribution in [0.4, 0.5) is 5.69 Å². The zero-order chi connectivity index (χ0) is 18.7. The number of nitrogens with one attached hydrogen (secondary N) is 2. The van der Waals surface area contributed by atoms with E-state index in [9.17, 15) is 9.59 Å². The molecule has 2 N–H and O–H groups in total. The minimum atomic E-state index is -1.02. The van der Waals surface area contributed by atoms with Gasteiger partial charge in [-0.15, -0.1) is 0 Å². The van der Waals surface area contributed by atoms with Crippen LogP contribution in [0.25, 0.3) is 0 Å². The third-order valence-electron chi connectivity index (χ3n) is 4.62. The topological polar surface area (TPSA) is 67.4 Å². The molecule has 2 aromatic rings. The first-order valence-electron chi connectivity index (χ1n) is 8.44. The van der Waals surface area contributed by atoms with E-state index in [-0.39, 0.29) is 11.8 Å². The molecule has 136 valence electrons. The number of carbonyl (C=O) groups excluding carboxylic acids is 2. The van der Waals surface area contributed by atoms with Gasteiger partial charge in [0.2, 0.25) is 11.8 Å². The van der Waals surface area contributed by atoms with E-state index in [2.05, 4.69) is 10.6 Å². The second kappa shape index (κ2) is 7.38. The highest BCUT2D eigenvalue weighted by Gasteiger charge is 2.56. The molecule has 2 amide bonds. The van der Waals surface area contributed by atoms with Gasteiger partial charge in [0.1, 0.15) is 11.2 Å². The Morgan fingerprint density at radius 2 is 1.88 bits per heavy atom. The molecule has 2 aromatic carbocycles. The average Bonchev–Trinajstić information content (AvgIpc) is 3.43. The first-order valence-corrected chi connectivity index (χ1v) is 8.82. The van der Waals surface area contributed by atoms with Crippen LogP contribution in [0.1, 0.15) is 24.0 Å². The van der Waals surface area contributed by atoms with Gasteiger partial charge >= 0.3 is 0 Å². The Morgan fingerprint density at radius 3 is 2.54 bits per heavy atom. The van der Waals surface area contributed by atoms with E-state index < -0.39 is 5.41 Å². The molecule has 0 bridgehead atoms. The molecule has 1 saturated carbocycles. The van der Waals surface area contributed by atoms with Gasteiger partial charge < -0.3 is 15.4 Å². The molecule has 0 spiro atoms. The van der Waals surface area contributed by atoms with Gasteiger partial charge in [0.05, 0.1) is 12.8 Å². The minimum absolute atomic E-state index is 0.276. The lowest BCUT2D eigenvalue weighted by Crippen LogP contribution is -2.39. The average molecular weight is 373 g/mol. The standard InChI is InChI=1S/C20H21ClN2O3/c1-13-7-8-17(26-2)16(11-13)23-19(25)20(9-10-20)18(24)22-12-14-5-3-4-6-15(14)21/h3-8,11H,9-10,12H2,1-2H3,(H,22,24)(H,23,25). The molecular weight excluding hydrogens is 352 g/mol. The highest BCUT2D eigenvalue weighted by atomic mass is 35.5. The summed E-state index contributed by atoms with van der Waals surface area (Å²) in [7, 11) is 1.55. The molecule has 0 heterocycles. The van der Waals surface area contributed by atoms with Crippen molar-refractivity contribution in [2.24, 2.45) is 5.41 Å². The Morgan fingerprint density at radius 1 is 1.15 bits per heavy atom. The van der Waals surface area contributed by atoms with Crippen molar-refractivity contribution in [3.05, 3.63) is 58.6 Å². The number of hydrogen-bond donors (Lipinski definition) is 2. The van der Waals surface area contributed by atoms with Crippen molar-refractivity contribution in [2.75, 3.05) is 12.4 Å². The van der Waals surface area contributed by atoms with Crippen molar-refractivity contribution in [3.8, 4) is 5.75 Å². The predicted molar refractivity (Wildman–Crippen MR) is 101 cm³/mol. The number of aryl methyl sites for hydroxylation is 1. The van der Waals surface area contributed by atoms with Gasteiger partial charge in [0, 0.05) is 11.6 Å². The van der Waals surface area contributed by atoms with E-state index >= 15 is 0 Å². The van der Waals surface area contributed by atoms with E-state index in [0.29, 0.717) is 35.8 Å². The van der Waals surface area contributed by atoms with Crippen molar-refractivity contribution >= 4 is 29.1 Å². The fraction of sp³-hybridized carbons (Fsp3) is 0.300. The van der Waals surface area contributed by atoms with Crippen molar-refractivity contribution < 1.29 is 14.3 Å². The zero-order valence-corrected chi connectivity index (χ0v) is 15.5. The molecule has 0 saturated heterocycles. The van der Waals surface area contributed by atoms with Gasteiger partial charge in [-0.3, -0.25) is 9.59 Å². The van der Waals surface area contributed by atoms with Crippen LogP contribution in [-0.4, -0.2) is 18.9 Å². The number of carbonyl (C=O) groups is 2. The lowest BCUT2D eigenvalue weighted by Gasteiger charge is -2.17. The number of anilines is 1. The van der Waals surface area contributed by atoms with Crippen LogP contribution in [0.15, 0.2) is 42.5 Å². The van der Waals surface area contributed by atoms with Crippen molar-refractivity contribution in [1.29, 1.82) is 0 Å². The largest absolute Gasteiger partial charge is 0.495 e. The summed E-state index contributed by atoms with van der Waals surface area (Å²) < 4.78 is 5.28. The fourth-order valence-corrected chi connectivity index (χ4v) is 3.03. The van der Waals surface area contributed by atoms with E-state index in [0.717, 1.165) is 11.1 Å². The second-order valence-corrected chi connectivity index (χ2v) is 6.92. The molecule has 1 aliphatic rings. The Balaban J connectivity index is 1.68. The van der Waals surface area contributed by atoms with Gasteiger partial charge in [-0.2, -0.15) is 0 Å². The fourth-order valence-electron chi connectivity index (χ4n) is 2.83. The molecule has 0 unspecified atom stereocenters. The van der Waals surface area contributed by atoms with Crippen LogP contribution in [0.5, 0.6) is 5.75 Å². The molecule has 0 atom stereocenters. The highest BCUT2D eigenvalue weighted by Crippen LogP contribution is 2.47. The van der Waals surface area contributed by atoms with Gasteiger partial charge in [-0.25, -0.2) is 0 Å². The molecule has 5 nitrogen and oxygen atoms in total. The lowest BCUT2D eigenvalue weighted by molar-refractivity contribution is -0.134. The summed E-state index contributed by atoms with van der Waals surface area (Å²) in [4.78, 5) is 25.4. The van der Waals surface area contributed by atoms with Crippen LogP contribution < -0.4 is 15.4 Å². The number of rotatable bonds is 6. The van der Waals surface area contributed by atoms with E-state index in [1.54, 1.807) is 19.2 Å². The summed E-state index contributed by atoms with van der Waals surface area (Å²) in [6, 6.07) is 12.8. The molecule has 0 aromatic heterocycles. The van der Waals surface area contributed by atoms with Crippen LogP contribution in [0.2, 0.25) is 5.02 Å². The van der Waals surface area contributed by atoms with Crippen molar-refractivity contribution in [1.82, 2.24) is 5.32 Å². The van der Waals surface area contributed by atoms with E-state index in [1.165, 1.54) is 0 Å². The summed E-state index contributed by atoms with van der Waals surface area (Å²) in [5.74, 6) is -0.0178. The number of hydrogen-bond acceptors (Lipinski definition) is 3. The normalized spacial score (nSPS) is 14.4. The van der Waals surface area contributed by atoms with E-state index in [4.69, 9.17) is 16.3 Å². The smallest absolute Gasteiger partial charge is 0.240 e. The molecule has 3 rings (SSSR count). The van der Waals surface area contributed by atoms with Gasteiger partial charge in [0.25, 0.3) is 0 Å². The van der Waals surface area contributed by atoms with Crippen molar-refractivity contribution in [2.45, 2.75) is 26.3 Å². The molecule has 6 heteroatoms. The molecule has 0 aliphatic heterocycles. The minimum Gasteiger partial charge on any atom is -0.495 e. The maximum atomic E-state index is 12.7. The monoisotopic (exact) mass is 372 g/mol. The van der Waals surface area contributed by atoms with Gasteiger partial charge in [0.15, 0.2) is 0 Å². The van der Waals surface area contributed by atoms with Crippen LogP contribution in [-0.2, 0) is 16.1 Å². The van der Waals surface area contributed by atoms with Crippen LogP contribution in [0.3, 0.4) is 0 Å². The number of methoxy groups -OCH3 is 1. The highest BCUT2D eigenvalue weighted by molar-refractivity contribution is 6.31. The summed E-state index contributed by atoms with van der Waals surface area (Å²) >= 11 is 6.11. The molecule has 1 aliphatic carbocycles. The molecular formula is C20H21ClN2O3. The Labute approximate surface area is 157 Å². The summed E-state index contributed by atoms with van der Waals surface area (Å²) in [6.45, 7) is 2.22. The number of halogens is 1. The van der Waals surface area contributed by atoms with Gasteiger partial charge in [-0.05, 0) is 49.1 Å². The summed E-state index contributed by atoms with van der Waals surface area (Å²) in [6.07, 6.45) is 1.06. The predicted octanol–water partition coefficient (Wildman–Crippen LogP) is 3.69. The third kappa shape index (κ3) is 3.68. The maximum absolute atomic E-state index is 12.7. The summed E-state index contributed by atoms with van der Waals surface area (Å²) in [5, 5.41) is 6.27.